The largest absolute Gasteiger partial charge is 0.587 e. The maximum atomic E-state index is 13.9. The van der Waals surface area contributed by atoms with E-state index in [2.05, 4.69) is 0 Å². The predicted octanol–water partition coefficient (Wildman–Crippen LogP) is 2.92. The smallest absolute Gasteiger partial charge is 0.450 e. The Morgan fingerprint density at radius 2 is 1.90 bits per heavy atom. The van der Waals surface area contributed by atoms with Crippen molar-refractivity contribution in [1.29, 1.82) is 0 Å². The zero-order valence-corrected chi connectivity index (χ0v) is 13.6. The Bertz CT molecular complexity index is 505. The van der Waals surface area contributed by atoms with Crippen LogP contribution in [0.3, 0.4) is 0 Å². The molecule has 8 heteroatoms. The second-order valence-electron chi connectivity index (χ2n) is 5.80. The maximum absolute atomic E-state index is 13.9. The van der Waals surface area contributed by atoms with Gasteiger partial charge in [-0.05, 0) is 40.7 Å². The van der Waals surface area contributed by atoms with Crippen LogP contribution in [0.15, 0.2) is 10.3 Å². The van der Waals surface area contributed by atoms with E-state index in [0.717, 1.165) is 17.4 Å². The molecule has 0 bridgehead atoms. The van der Waals surface area contributed by atoms with Gasteiger partial charge in [0.25, 0.3) is 4.21 Å². The number of carbonyl (C=O) groups is 1. The fraction of sp³-hybridized carbons (Fsp3) is 0.583. The van der Waals surface area contributed by atoms with Gasteiger partial charge in [0.1, 0.15) is 11.4 Å². The third kappa shape index (κ3) is 3.63. The number of aliphatic hydroxyl groups is 1. The molecule has 0 aliphatic carbocycles. The normalized spacial score (nSPS) is 14.2. The zero-order valence-electron chi connectivity index (χ0n) is 11.9. The zero-order chi connectivity index (χ0) is 15.9. The highest BCUT2D eigenvalue weighted by molar-refractivity contribution is 7.91. The third-order valence-electron chi connectivity index (χ3n) is 2.37. The minimum atomic E-state index is -2.18. The van der Waals surface area contributed by atoms with Crippen molar-refractivity contribution >= 4 is 28.8 Å². The number of nitrogens with zero attached hydrogens (tertiary/aromatic N) is 1. The molecule has 1 unspecified atom stereocenters. The average Bonchev–Trinajstić information content (AvgIpc) is 2.56. The number of thiophene rings is 1. The van der Waals surface area contributed by atoms with Crippen molar-refractivity contribution in [3.05, 3.63) is 16.8 Å². The van der Waals surface area contributed by atoms with Gasteiger partial charge in [-0.15, -0.1) is 4.31 Å². The average molecular weight is 323 g/mol. The lowest BCUT2D eigenvalue weighted by Gasteiger charge is -2.31. The van der Waals surface area contributed by atoms with Crippen molar-refractivity contribution in [1.82, 2.24) is 4.31 Å². The van der Waals surface area contributed by atoms with Crippen molar-refractivity contribution in [3.8, 4) is 0 Å². The van der Waals surface area contributed by atoms with Gasteiger partial charge in [0, 0.05) is 4.88 Å². The maximum Gasteiger partial charge on any atom is 0.450 e. The van der Waals surface area contributed by atoms with E-state index in [1.807, 2.05) is 0 Å². The molecule has 0 aromatic carbocycles. The first-order chi connectivity index (χ1) is 8.85. The van der Waals surface area contributed by atoms with Crippen molar-refractivity contribution in [2.24, 2.45) is 0 Å². The van der Waals surface area contributed by atoms with Crippen LogP contribution in [0.4, 0.5) is 9.18 Å². The Morgan fingerprint density at radius 3 is 2.20 bits per heavy atom. The standard InChI is InChI=1S/C12H18FNO4S2/c1-11(2,3)14(10(15)16)20(18)9-7(13)6-8(19-9)12(4,5)17/h6,17H,1-5H3,(H,15,16). The van der Waals surface area contributed by atoms with E-state index < -0.39 is 34.4 Å². The van der Waals surface area contributed by atoms with Crippen molar-refractivity contribution in [2.75, 3.05) is 0 Å². The molecular weight excluding hydrogens is 305 g/mol. The molecule has 114 valence electrons. The second kappa shape index (κ2) is 5.51. The van der Waals surface area contributed by atoms with Crippen molar-refractivity contribution in [3.63, 3.8) is 0 Å². The SMILES string of the molecule is CC(C)(O)c1cc(F)c([S+]([O-])N(C(=O)O)C(C)(C)C)s1. The molecule has 1 atom stereocenters. The number of halogens is 1. The Morgan fingerprint density at radius 1 is 1.40 bits per heavy atom. The first-order valence-corrected chi connectivity index (χ1v) is 7.75. The van der Waals surface area contributed by atoms with Crippen LogP contribution in [0.25, 0.3) is 0 Å². The molecule has 1 aromatic rings. The molecule has 1 amide bonds. The molecule has 20 heavy (non-hydrogen) atoms. The van der Waals surface area contributed by atoms with Crippen LogP contribution in [0, 0.1) is 5.82 Å². The van der Waals surface area contributed by atoms with Gasteiger partial charge in [-0.1, -0.05) is 11.3 Å². The van der Waals surface area contributed by atoms with Gasteiger partial charge in [-0.3, -0.25) is 0 Å². The summed E-state index contributed by atoms with van der Waals surface area (Å²) in [5.74, 6) is -0.777. The van der Waals surface area contributed by atoms with Crippen LogP contribution in [-0.4, -0.2) is 30.7 Å². The fourth-order valence-corrected chi connectivity index (χ4v) is 4.04. The van der Waals surface area contributed by atoms with Gasteiger partial charge in [-0.2, -0.15) is 0 Å². The summed E-state index contributed by atoms with van der Waals surface area (Å²) in [5, 5.41) is 19.0. The molecule has 5 nitrogen and oxygen atoms in total. The molecule has 1 aromatic heterocycles. The molecule has 1 heterocycles. The summed E-state index contributed by atoms with van der Waals surface area (Å²) in [4.78, 5) is 11.5. The van der Waals surface area contributed by atoms with E-state index in [-0.39, 0.29) is 9.09 Å². The van der Waals surface area contributed by atoms with Crippen LogP contribution in [0.5, 0.6) is 0 Å². The number of amides is 1. The summed E-state index contributed by atoms with van der Waals surface area (Å²) in [6.45, 7) is 7.66. The van der Waals surface area contributed by atoms with Crippen LogP contribution in [-0.2, 0) is 17.0 Å². The Balaban J connectivity index is 3.23. The Hall–Kier alpha value is -0.830. The van der Waals surface area contributed by atoms with Crippen LogP contribution in [0.1, 0.15) is 39.5 Å². The molecule has 0 fully saturated rings. The number of hydrogen-bond acceptors (Lipinski definition) is 4. The van der Waals surface area contributed by atoms with E-state index in [4.69, 9.17) is 5.11 Å². The molecule has 2 N–H and O–H groups in total. The molecule has 0 radical (unpaired) electrons. The predicted molar refractivity (Wildman–Crippen MR) is 75.5 cm³/mol. The van der Waals surface area contributed by atoms with Crippen molar-refractivity contribution in [2.45, 2.75) is 50.0 Å². The highest BCUT2D eigenvalue weighted by atomic mass is 32.2. The molecule has 0 spiro atoms. The Kier molecular flexibility index (Phi) is 4.75. The van der Waals surface area contributed by atoms with E-state index in [1.54, 1.807) is 20.8 Å². The minimum absolute atomic E-state index is 0.209. The molecule has 0 aliphatic rings. The van der Waals surface area contributed by atoms with Gasteiger partial charge >= 0.3 is 6.09 Å². The summed E-state index contributed by atoms with van der Waals surface area (Å²) < 4.78 is 26.7. The number of hydrogen-bond donors (Lipinski definition) is 2. The van der Waals surface area contributed by atoms with Gasteiger partial charge < -0.3 is 14.8 Å². The van der Waals surface area contributed by atoms with Crippen LogP contribution < -0.4 is 0 Å². The molecule has 0 aliphatic heterocycles. The van der Waals surface area contributed by atoms with E-state index in [9.17, 15) is 18.8 Å². The summed E-state index contributed by atoms with van der Waals surface area (Å²) in [6, 6.07) is 1.08. The number of carboxylic acid groups (broad SMARTS) is 1. The van der Waals surface area contributed by atoms with Gasteiger partial charge in [-0.25, -0.2) is 9.18 Å². The van der Waals surface area contributed by atoms with Gasteiger partial charge in [0.05, 0.1) is 11.1 Å². The second-order valence-corrected chi connectivity index (χ2v) is 8.38. The first kappa shape index (κ1) is 17.2. The lowest BCUT2D eigenvalue weighted by atomic mass is 10.1. The fourth-order valence-electron chi connectivity index (χ4n) is 1.46. The van der Waals surface area contributed by atoms with E-state index >= 15 is 0 Å². The van der Waals surface area contributed by atoms with E-state index in [0.29, 0.717) is 4.31 Å². The summed E-state index contributed by atoms with van der Waals surface area (Å²) in [6.07, 6.45) is -1.39. The highest BCUT2D eigenvalue weighted by Gasteiger charge is 2.41. The molecule has 0 saturated heterocycles. The molecular formula is C12H18FNO4S2. The first-order valence-electron chi connectivity index (χ1n) is 5.83. The highest BCUT2D eigenvalue weighted by Crippen LogP contribution is 2.36. The summed E-state index contributed by atoms with van der Waals surface area (Å²) in [5.41, 5.74) is -2.22. The van der Waals surface area contributed by atoms with Crippen LogP contribution >= 0.6 is 11.3 Å². The van der Waals surface area contributed by atoms with Crippen molar-refractivity contribution < 1.29 is 24.0 Å². The topological polar surface area (TPSA) is 83.8 Å². The summed E-state index contributed by atoms with van der Waals surface area (Å²) in [7, 11) is 0. The Labute approximate surface area is 124 Å². The quantitative estimate of drug-likeness (QED) is 0.838. The lowest BCUT2D eigenvalue weighted by Crippen LogP contribution is -2.48. The molecule has 0 saturated carbocycles. The number of rotatable bonds is 3. The van der Waals surface area contributed by atoms with Gasteiger partial charge in [0.15, 0.2) is 5.82 Å². The van der Waals surface area contributed by atoms with Gasteiger partial charge in [0.2, 0.25) is 0 Å². The van der Waals surface area contributed by atoms with E-state index in [1.165, 1.54) is 13.8 Å². The monoisotopic (exact) mass is 323 g/mol. The summed E-state index contributed by atoms with van der Waals surface area (Å²) >= 11 is -1.37. The minimum Gasteiger partial charge on any atom is -0.587 e. The lowest BCUT2D eigenvalue weighted by molar-refractivity contribution is 0.0823. The molecule has 1 rings (SSSR count). The van der Waals surface area contributed by atoms with Crippen LogP contribution in [0.2, 0.25) is 0 Å². The third-order valence-corrected chi connectivity index (χ3v) is 5.81.